The highest BCUT2D eigenvalue weighted by atomic mass is 32.2. The highest BCUT2D eigenvalue weighted by Gasteiger charge is 2.26. The van der Waals surface area contributed by atoms with Crippen LogP contribution in [-0.2, 0) is 27.7 Å². The van der Waals surface area contributed by atoms with Crippen LogP contribution < -0.4 is 9.62 Å². The van der Waals surface area contributed by atoms with E-state index in [4.69, 9.17) is 0 Å². The summed E-state index contributed by atoms with van der Waals surface area (Å²) >= 11 is 0. The molecule has 1 aliphatic rings. The molecule has 3 rings (SSSR count). The minimum atomic E-state index is -3.24. The molecular formula is C20H24N2O3S. The first-order valence-corrected chi connectivity index (χ1v) is 10.7. The molecule has 1 amide bonds. The Kier molecular flexibility index (Phi) is 5.61. The molecule has 0 fully saturated rings. The lowest BCUT2D eigenvalue weighted by Crippen LogP contribution is -2.27. The molecule has 0 bridgehead atoms. The lowest BCUT2D eigenvalue weighted by molar-refractivity contribution is -0.116. The number of fused-ring (bicyclic) bond motifs is 1. The van der Waals surface area contributed by atoms with Crippen molar-refractivity contribution in [3.63, 3.8) is 0 Å². The molecule has 0 aliphatic carbocycles. The van der Waals surface area contributed by atoms with Gasteiger partial charge in [-0.3, -0.25) is 9.10 Å². The summed E-state index contributed by atoms with van der Waals surface area (Å²) in [6, 6.07) is 15.7. The highest BCUT2D eigenvalue weighted by Crippen LogP contribution is 2.32. The van der Waals surface area contributed by atoms with E-state index in [0.717, 1.165) is 30.5 Å². The van der Waals surface area contributed by atoms with Crippen LogP contribution >= 0.6 is 0 Å². The number of hydrogen-bond donors (Lipinski definition) is 1. The average molecular weight is 372 g/mol. The summed E-state index contributed by atoms with van der Waals surface area (Å²) in [6.45, 7) is 0.463. The average Bonchev–Trinajstić information content (AvgIpc) is 3.03. The zero-order chi connectivity index (χ0) is 18.6. The molecule has 0 saturated heterocycles. The molecule has 6 heteroatoms. The maximum Gasteiger partial charge on any atom is 0.232 e. The van der Waals surface area contributed by atoms with Gasteiger partial charge in [-0.2, -0.15) is 0 Å². The van der Waals surface area contributed by atoms with Gasteiger partial charge in [-0.1, -0.05) is 30.3 Å². The number of carbonyl (C=O) groups excluding carboxylic acids is 1. The van der Waals surface area contributed by atoms with E-state index in [2.05, 4.69) is 17.4 Å². The number of rotatable bonds is 7. The zero-order valence-corrected chi connectivity index (χ0v) is 15.8. The van der Waals surface area contributed by atoms with Crippen LogP contribution in [0.2, 0.25) is 0 Å². The first-order chi connectivity index (χ1) is 12.4. The van der Waals surface area contributed by atoms with Crippen molar-refractivity contribution in [2.45, 2.75) is 32.1 Å². The normalized spacial score (nSPS) is 13.5. The molecule has 0 unspecified atom stereocenters. The van der Waals surface area contributed by atoms with Gasteiger partial charge in [0.1, 0.15) is 0 Å². The van der Waals surface area contributed by atoms with Crippen LogP contribution in [0.15, 0.2) is 48.5 Å². The second-order valence-electron chi connectivity index (χ2n) is 6.67. The number of nitrogens with one attached hydrogen (secondary N) is 1. The third-order valence-electron chi connectivity index (χ3n) is 4.58. The van der Waals surface area contributed by atoms with Gasteiger partial charge in [0.15, 0.2) is 0 Å². The first kappa shape index (κ1) is 18.5. The fraction of sp³-hybridized carbons (Fsp3) is 0.350. The third kappa shape index (κ3) is 4.64. The number of amides is 1. The largest absolute Gasteiger partial charge is 0.326 e. The van der Waals surface area contributed by atoms with Gasteiger partial charge in [-0.25, -0.2) is 8.42 Å². The SMILES string of the molecule is CS(=O)(=O)N1CCc2cc(NC(=O)CCCCc3ccccc3)ccc21. The predicted molar refractivity (Wildman–Crippen MR) is 105 cm³/mol. The fourth-order valence-electron chi connectivity index (χ4n) is 3.28. The number of nitrogens with zero attached hydrogens (tertiary/aromatic N) is 1. The standard InChI is InChI=1S/C20H24N2O3S/c1-26(24,25)22-14-13-17-15-18(11-12-19(17)22)21-20(23)10-6-5-9-16-7-3-2-4-8-16/h2-4,7-8,11-12,15H,5-6,9-10,13-14H2,1H3,(H,21,23). The van der Waals surface area contributed by atoms with Crippen molar-refractivity contribution in [2.75, 3.05) is 22.4 Å². The van der Waals surface area contributed by atoms with Crippen molar-refractivity contribution in [3.8, 4) is 0 Å². The van der Waals surface area contributed by atoms with Crippen molar-refractivity contribution in [1.29, 1.82) is 0 Å². The molecule has 138 valence electrons. The van der Waals surface area contributed by atoms with Gasteiger partial charge in [0.05, 0.1) is 11.9 Å². The summed E-state index contributed by atoms with van der Waals surface area (Å²) in [5.74, 6) is -0.00372. The lowest BCUT2D eigenvalue weighted by atomic mass is 10.1. The summed E-state index contributed by atoms with van der Waals surface area (Å²) in [5, 5.41) is 2.92. The summed E-state index contributed by atoms with van der Waals surface area (Å²) < 4.78 is 24.9. The number of sulfonamides is 1. The Morgan fingerprint density at radius 3 is 2.62 bits per heavy atom. The number of aryl methyl sites for hydroxylation is 1. The maximum absolute atomic E-state index is 12.1. The fourth-order valence-corrected chi connectivity index (χ4v) is 4.23. The van der Waals surface area contributed by atoms with E-state index in [1.165, 1.54) is 16.1 Å². The topological polar surface area (TPSA) is 66.5 Å². The van der Waals surface area contributed by atoms with Crippen LogP contribution in [0.5, 0.6) is 0 Å². The number of anilines is 2. The zero-order valence-electron chi connectivity index (χ0n) is 14.9. The number of hydrogen-bond acceptors (Lipinski definition) is 3. The molecule has 0 saturated carbocycles. The minimum absolute atomic E-state index is 0.00372. The van der Waals surface area contributed by atoms with E-state index in [0.29, 0.717) is 25.1 Å². The van der Waals surface area contributed by atoms with E-state index < -0.39 is 10.0 Å². The van der Waals surface area contributed by atoms with Crippen LogP contribution in [0.3, 0.4) is 0 Å². The lowest BCUT2D eigenvalue weighted by Gasteiger charge is -2.16. The Labute approximate surface area is 155 Å². The van der Waals surface area contributed by atoms with Crippen molar-refractivity contribution in [1.82, 2.24) is 0 Å². The number of unbranched alkanes of at least 4 members (excludes halogenated alkanes) is 1. The third-order valence-corrected chi connectivity index (χ3v) is 5.76. The van der Waals surface area contributed by atoms with E-state index in [-0.39, 0.29) is 5.91 Å². The van der Waals surface area contributed by atoms with Gasteiger partial charge in [0, 0.05) is 18.7 Å². The summed E-state index contributed by atoms with van der Waals surface area (Å²) in [5.41, 5.74) is 3.69. The molecule has 1 aliphatic heterocycles. The van der Waals surface area contributed by atoms with Crippen molar-refractivity contribution >= 4 is 27.3 Å². The first-order valence-electron chi connectivity index (χ1n) is 8.88. The predicted octanol–water partition coefficient (Wildman–Crippen LogP) is 3.36. The molecule has 0 radical (unpaired) electrons. The monoisotopic (exact) mass is 372 g/mol. The highest BCUT2D eigenvalue weighted by molar-refractivity contribution is 7.92. The second-order valence-corrected chi connectivity index (χ2v) is 8.58. The molecular weight excluding hydrogens is 348 g/mol. The molecule has 1 heterocycles. The van der Waals surface area contributed by atoms with Crippen LogP contribution in [-0.4, -0.2) is 27.1 Å². The van der Waals surface area contributed by atoms with Crippen LogP contribution in [0, 0.1) is 0 Å². The van der Waals surface area contributed by atoms with E-state index in [1.807, 2.05) is 24.3 Å². The minimum Gasteiger partial charge on any atom is -0.326 e. The van der Waals surface area contributed by atoms with E-state index in [9.17, 15) is 13.2 Å². The van der Waals surface area contributed by atoms with Gasteiger partial charge in [-0.15, -0.1) is 0 Å². The smallest absolute Gasteiger partial charge is 0.232 e. The Bertz CT molecular complexity index is 879. The van der Waals surface area contributed by atoms with Gasteiger partial charge in [0.25, 0.3) is 0 Å². The van der Waals surface area contributed by atoms with E-state index in [1.54, 1.807) is 12.1 Å². The number of carbonyl (C=O) groups is 1. The molecule has 0 aromatic heterocycles. The molecule has 2 aromatic carbocycles. The van der Waals surface area contributed by atoms with Gasteiger partial charge in [-0.05, 0) is 55.0 Å². The Morgan fingerprint density at radius 2 is 1.88 bits per heavy atom. The Morgan fingerprint density at radius 1 is 1.12 bits per heavy atom. The molecule has 0 spiro atoms. The van der Waals surface area contributed by atoms with Crippen molar-refractivity contribution in [3.05, 3.63) is 59.7 Å². The summed E-state index contributed by atoms with van der Waals surface area (Å²) in [4.78, 5) is 12.1. The molecule has 1 N–H and O–H groups in total. The van der Waals surface area contributed by atoms with Gasteiger partial charge < -0.3 is 5.32 Å². The summed E-state index contributed by atoms with van der Waals surface area (Å²) in [7, 11) is -3.24. The van der Waals surface area contributed by atoms with Gasteiger partial charge in [0.2, 0.25) is 15.9 Å². The quantitative estimate of drug-likeness (QED) is 0.758. The Balaban J connectivity index is 1.49. The van der Waals surface area contributed by atoms with Crippen LogP contribution in [0.4, 0.5) is 11.4 Å². The Hall–Kier alpha value is -2.34. The van der Waals surface area contributed by atoms with Gasteiger partial charge >= 0.3 is 0 Å². The van der Waals surface area contributed by atoms with Crippen molar-refractivity contribution < 1.29 is 13.2 Å². The number of benzene rings is 2. The molecule has 2 aromatic rings. The molecule has 26 heavy (non-hydrogen) atoms. The second kappa shape index (κ2) is 7.91. The van der Waals surface area contributed by atoms with E-state index >= 15 is 0 Å². The van der Waals surface area contributed by atoms with Crippen molar-refractivity contribution in [2.24, 2.45) is 0 Å². The summed E-state index contributed by atoms with van der Waals surface area (Å²) in [6.07, 6.45) is 5.17. The maximum atomic E-state index is 12.1. The molecule has 0 atom stereocenters. The molecule has 5 nitrogen and oxygen atoms in total. The van der Waals surface area contributed by atoms with Crippen LogP contribution in [0.25, 0.3) is 0 Å². The van der Waals surface area contributed by atoms with Crippen LogP contribution in [0.1, 0.15) is 30.4 Å².